The number of carbonyl (C=O) groups excluding carboxylic acids is 1. The molecule has 1 fully saturated rings. The number of thiophene rings is 1. The van der Waals surface area contributed by atoms with Crippen LogP contribution in [-0.2, 0) is 23.1 Å². The molecule has 0 aliphatic carbocycles. The third kappa shape index (κ3) is 5.58. The lowest BCUT2D eigenvalue weighted by molar-refractivity contribution is -0.218. The summed E-state index contributed by atoms with van der Waals surface area (Å²) >= 11 is 1.48. The summed E-state index contributed by atoms with van der Waals surface area (Å²) in [6.07, 6.45) is 1.84. The van der Waals surface area contributed by atoms with E-state index in [1.54, 1.807) is 22.5 Å². The molecule has 0 spiro atoms. The van der Waals surface area contributed by atoms with Crippen LogP contribution in [0.3, 0.4) is 0 Å². The fourth-order valence-electron chi connectivity index (χ4n) is 5.23. The highest BCUT2D eigenvalue weighted by molar-refractivity contribution is 7.08. The molecule has 204 valence electrons. The smallest absolute Gasteiger partial charge is 0.273 e. The fourth-order valence-corrected chi connectivity index (χ4v) is 5.85. The maximum atomic E-state index is 14.3. The maximum Gasteiger partial charge on any atom is 0.273 e. The lowest BCUT2D eigenvalue weighted by Gasteiger charge is -2.51. The Balaban J connectivity index is 1.49. The molecule has 1 amide bonds. The normalized spacial score (nSPS) is 15.6. The van der Waals surface area contributed by atoms with Crippen molar-refractivity contribution in [2.24, 2.45) is 7.05 Å². The SMILES string of the molecule is [B]C([B])([B])OC1(CN(C(=O)c2nn(-c3ccsc3)c3c2COc2cc(OC)c(-c4ccn(C)n4)cc2-3)C([B])([B])[B])COC1. The molecule has 0 bridgehead atoms. The first-order valence-corrected chi connectivity index (χ1v) is 14.1. The Hall–Kier alpha value is -3.28. The third-order valence-electron chi connectivity index (χ3n) is 7.14. The molecule has 0 N–H and O–H groups in total. The summed E-state index contributed by atoms with van der Waals surface area (Å²) < 4.78 is 26.2. The quantitative estimate of drug-likeness (QED) is 0.264. The van der Waals surface area contributed by atoms with E-state index in [4.69, 9.17) is 71.1 Å². The standard InChI is InChI=1S/C26H21B6N5O5S/c1-35-5-3-18(33-35)15-7-16-20(8-19(15)39-2)41-9-17-21(34-37(22(16)17)14-4-6-43-10-14)23(38)36(25(27,28)29)11-24(12-40-13-24)42-26(30,31)32/h3-8,10H,9,11-13H2,1-2H3. The number of amides is 1. The van der Waals surface area contributed by atoms with E-state index >= 15 is 0 Å². The van der Waals surface area contributed by atoms with Crippen LogP contribution in [0.4, 0.5) is 0 Å². The lowest BCUT2D eigenvalue weighted by atomic mass is 9.48. The van der Waals surface area contributed by atoms with E-state index in [2.05, 4.69) is 5.10 Å². The summed E-state index contributed by atoms with van der Waals surface area (Å²) in [4.78, 5) is 15.3. The van der Waals surface area contributed by atoms with Gasteiger partial charge in [-0.1, -0.05) is 5.24 Å². The van der Waals surface area contributed by atoms with Crippen molar-refractivity contribution in [2.45, 2.75) is 22.7 Å². The summed E-state index contributed by atoms with van der Waals surface area (Å²) in [6, 6.07) is 7.46. The van der Waals surface area contributed by atoms with Gasteiger partial charge in [-0.25, -0.2) is 4.68 Å². The highest BCUT2D eigenvalue weighted by Gasteiger charge is 2.47. The second kappa shape index (κ2) is 10.7. The number of ether oxygens (including phenoxy) is 4. The van der Waals surface area contributed by atoms with Gasteiger partial charge in [0, 0.05) is 41.4 Å². The Labute approximate surface area is 260 Å². The number of nitrogens with zero attached hydrogens (tertiary/aromatic N) is 5. The maximum absolute atomic E-state index is 14.3. The lowest BCUT2D eigenvalue weighted by Crippen LogP contribution is -2.67. The number of carbonyl (C=O) groups is 1. The largest absolute Gasteiger partial charge is 0.496 e. The van der Waals surface area contributed by atoms with Crippen molar-refractivity contribution in [3.05, 3.63) is 52.5 Å². The van der Waals surface area contributed by atoms with E-state index in [1.165, 1.54) is 11.3 Å². The van der Waals surface area contributed by atoms with Crippen LogP contribution < -0.4 is 9.47 Å². The Morgan fingerprint density at radius 1 is 1.14 bits per heavy atom. The minimum Gasteiger partial charge on any atom is -0.496 e. The van der Waals surface area contributed by atoms with Gasteiger partial charge in [0.15, 0.2) is 5.69 Å². The van der Waals surface area contributed by atoms with E-state index in [0.717, 1.165) is 16.2 Å². The highest BCUT2D eigenvalue weighted by atomic mass is 32.1. The number of methoxy groups -OCH3 is 1. The van der Waals surface area contributed by atoms with Crippen LogP contribution in [0.1, 0.15) is 16.1 Å². The van der Waals surface area contributed by atoms with Gasteiger partial charge in [-0.3, -0.25) is 9.48 Å². The Morgan fingerprint density at radius 2 is 1.91 bits per heavy atom. The number of rotatable bonds is 9. The Kier molecular flexibility index (Phi) is 7.42. The predicted molar refractivity (Wildman–Crippen MR) is 166 cm³/mol. The second-order valence-corrected chi connectivity index (χ2v) is 11.5. The molecule has 0 saturated carbocycles. The van der Waals surface area contributed by atoms with E-state index < -0.39 is 22.0 Å². The van der Waals surface area contributed by atoms with E-state index in [0.29, 0.717) is 34.0 Å². The summed E-state index contributed by atoms with van der Waals surface area (Å²) in [5.41, 5.74) is 2.81. The minimum atomic E-state index is -2.13. The first-order chi connectivity index (χ1) is 20.3. The zero-order chi connectivity index (χ0) is 30.7. The van der Waals surface area contributed by atoms with Gasteiger partial charge in [0.25, 0.3) is 5.91 Å². The Morgan fingerprint density at radius 3 is 2.47 bits per heavy atom. The fraction of sp³-hybridized carbons (Fsp3) is 0.346. The number of hydrogen-bond donors (Lipinski definition) is 0. The number of benzene rings is 1. The number of aryl methyl sites for hydroxylation is 1. The minimum absolute atomic E-state index is 0.0163. The highest BCUT2D eigenvalue weighted by Crippen LogP contribution is 2.46. The molecule has 6 rings (SSSR count). The molecule has 3 aromatic heterocycles. The van der Waals surface area contributed by atoms with E-state index in [9.17, 15) is 4.79 Å². The van der Waals surface area contributed by atoms with Crippen LogP contribution in [0, 0.1) is 0 Å². The van der Waals surface area contributed by atoms with Gasteiger partial charge in [0.1, 0.15) is 23.7 Å². The summed E-state index contributed by atoms with van der Waals surface area (Å²) in [5, 5.41) is 8.98. The van der Waals surface area contributed by atoms with Gasteiger partial charge in [-0.15, -0.1) is 0 Å². The van der Waals surface area contributed by atoms with Gasteiger partial charge in [0.2, 0.25) is 0 Å². The van der Waals surface area contributed by atoms with Crippen molar-refractivity contribution in [2.75, 3.05) is 26.9 Å². The van der Waals surface area contributed by atoms with Crippen molar-refractivity contribution < 1.29 is 23.7 Å². The molecule has 10 nitrogen and oxygen atoms in total. The molecular formula is C26H21B6N5O5S. The molecule has 17 heteroatoms. The number of fused-ring (bicyclic) bond motifs is 3. The van der Waals surface area contributed by atoms with Crippen molar-refractivity contribution >= 4 is 64.3 Å². The van der Waals surface area contributed by atoms with Crippen LogP contribution in [-0.4, -0.2) is 120 Å². The summed E-state index contributed by atoms with van der Waals surface area (Å²) in [6.45, 7) is -0.170. The van der Waals surface area contributed by atoms with Crippen LogP contribution in [0.5, 0.6) is 11.5 Å². The topological polar surface area (TPSA) is 92.9 Å². The third-order valence-corrected chi connectivity index (χ3v) is 7.81. The van der Waals surface area contributed by atoms with E-state index in [1.807, 2.05) is 42.2 Å². The van der Waals surface area contributed by atoms with Crippen molar-refractivity contribution in [1.82, 2.24) is 24.5 Å². The van der Waals surface area contributed by atoms with Crippen molar-refractivity contribution in [3.8, 4) is 39.7 Å². The molecule has 4 aromatic rings. The molecule has 0 unspecified atom stereocenters. The molecule has 1 saturated heterocycles. The molecule has 5 heterocycles. The van der Waals surface area contributed by atoms with Gasteiger partial charge in [-0.2, -0.15) is 21.5 Å². The summed E-state index contributed by atoms with van der Waals surface area (Å²) in [7, 11) is 38.9. The van der Waals surface area contributed by atoms with Crippen molar-refractivity contribution in [3.63, 3.8) is 0 Å². The average molecular weight is 580 g/mol. The second-order valence-electron chi connectivity index (χ2n) is 10.7. The van der Waals surface area contributed by atoms with Gasteiger partial charge >= 0.3 is 0 Å². The van der Waals surface area contributed by atoms with Gasteiger partial charge in [0.05, 0.1) is 91.0 Å². The molecule has 2 aliphatic rings. The molecule has 12 radical (unpaired) electrons. The zero-order valence-electron chi connectivity index (χ0n) is 23.5. The van der Waals surface area contributed by atoms with Crippen LogP contribution >= 0.6 is 11.3 Å². The van der Waals surface area contributed by atoms with E-state index in [-0.39, 0.29) is 32.1 Å². The zero-order valence-corrected chi connectivity index (χ0v) is 24.3. The number of aromatic nitrogens is 4. The molecule has 2 aliphatic heterocycles. The molecule has 0 atom stereocenters. The first-order valence-electron chi connectivity index (χ1n) is 13.1. The van der Waals surface area contributed by atoms with Gasteiger partial charge in [-0.05, 0) is 28.9 Å². The number of hydrogen-bond acceptors (Lipinski definition) is 8. The Bertz CT molecular complexity index is 1680. The molecule has 1 aromatic carbocycles. The van der Waals surface area contributed by atoms with Gasteiger partial charge < -0.3 is 23.8 Å². The predicted octanol–water partition coefficient (Wildman–Crippen LogP) is 0.364. The molecule has 43 heavy (non-hydrogen) atoms. The van der Waals surface area contributed by atoms with Crippen molar-refractivity contribution in [1.29, 1.82) is 0 Å². The first kappa shape index (κ1) is 29.8. The summed E-state index contributed by atoms with van der Waals surface area (Å²) in [5.74, 6) is 0.453. The van der Waals surface area contributed by atoms with Crippen LogP contribution in [0.15, 0.2) is 41.2 Å². The van der Waals surface area contributed by atoms with Crippen LogP contribution in [0.25, 0.3) is 28.2 Å². The molecular weight excluding hydrogens is 559 g/mol. The monoisotopic (exact) mass is 581 g/mol. The average Bonchev–Trinajstić information content (AvgIpc) is 3.67. The van der Waals surface area contributed by atoms with Crippen LogP contribution in [0.2, 0.25) is 0 Å².